The summed E-state index contributed by atoms with van der Waals surface area (Å²) >= 11 is 2.78. The molecule has 0 bridgehead atoms. The summed E-state index contributed by atoms with van der Waals surface area (Å²) in [7, 11) is 0. The van der Waals surface area contributed by atoms with E-state index in [1.54, 1.807) is 18.4 Å². The highest BCUT2D eigenvalue weighted by Gasteiger charge is 2.33. The summed E-state index contributed by atoms with van der Waals surface area (Å²) in [6.45, 7) is 3.99. The van der Waals surface area contributed by atoms with Crippen LogP contribution in [0.25, 0.3) is 17.0 Å². The SMILES string of the molecule is CCOC(=O)C1=C(C)N=c2s/c(=C\c3cn(CC#N)c4ccccc34)c(=O)n2[C@@H]1c1cccs1. The molecule has 0 spiro atoms. The average molecular weight is 489 g/mol. The maximum Gasteiger partial charge on any atom is 0.338 e. The van der Waals surface area contributed by atoms with Crippen molar-refractivity contribution in [1.82, 2.24) is 9.13 Å². The Bertz CT molecular complexity index is 1660. The number of aromatic nitrogens is 2. The van der Waals surface area contributed by atoms with E-state index in [0.717, 1.165) is 21.3 Å². The van der Waals surface area contributed by atoms with Gasteiger partial charge in [-0.3, -0.25) is 9.36 Å². The summed E-state index contributed by atoms with van der Waals surface area (Å²) in [6, 6.07) is 13.2. The van der Waals surface area contributed by atoms with Crippen LogP contribution in [0.5, 0.6) is 0 Å². The Morgan fingerprint density at radius 3 is 2.85 bits per heavy atom. The van der Waals surface area contributed by atoms with Crippen LogP contribution in [-0.2, 0) is 16.1 Å². The number of hydrogen-bond donors (Lipinski definition) is 0. The number of benzene rings is 1. The zero-order chi connectivity index (χ0) is 23.8. The van der Waals surface area contributed by atoms with Crippen LogP contribution in [0.15, 0.2) is 69.0 Å². The monoisotopic (exact) mass is 488 g/mol. The number of thiazole rings is 1. The van der Waals surface area contributed by atoms with Crippen molar-refractivity contribution in [2.24, 2.45) is 4.99 Å². The Labute approximate surface area is 202 Å². The topological polar surface area (TPSA) is 89.4 Å². The summed E-state index contributed by atoms with van der Waals surface area (Å²) in [5.41, 5.74) is 2.50. The van der Waals surface area contributed by atoms with Crippen LogP contribution >= 0.6 is 22.7 Å². The van der Waals surface area contributed by atoms with Crippen LogP contribution in [0.2, 0.25) is 0 Å². The molecule has 0 fully saturated rings. The van der Waals surface area contributed by atoms with E-state index in [9.17, 15) is 14.9 Å². The van der Waals surface area contributed by atoms with E-state index in [2.05, 4.69) is 11.1 Å². The van der Waals surface area contributed by atoms with Crippen molar-refractivity contribution in [2.75, 3.05) is 6.61 Å². The molecule has 1 aliphatic heterocycles. The number of nitrogens with zero attached hydrogens (tertiary/aromatic N) is 4. The van der Waals surface area contributed by atoms with Gasteiger partial charge in [-0.05, 0) is 37.4 Å². The first-order valence-corrected chi connectivity index (χ1v) is 12.4. The molecule has 4 heterocycles. The van der Waals surface area contributed by atoms with Crippen molar-refractivity contribution in [3.63, 3.8) is 0 Å². The lowest BCUT2D eigenvalue weighted by Crippen LogP contribution is -2.39. The molecule has 9 heteroatoms. The number of para-hydroxylation sites is 1. The first-order chi connectivity index (χ1) is 16.5. The van der Waals surface area contributed by atoms with Gasteiger partial charge in [0, 0.05) is 27.5 Å². The second-order valence-electron chi connectivity index (χ2n) is 7.71. The van der Waals surface area contributed by atoms with Gasteiger partial charge in [0.05, 0.1) is 28.5 Å². The van der Waals surface area contributed by atoms with Crippen molar-refractivity contribution in [1.29, 1.82) is 5.26 Å². The number of fused-ring (bicyclic) bond motifs is 2. The quantitative estimate of drug-likeness (QED) is 0.403. The normalized spacial score (nSPS) is 15.8. The van der Waals surface area contributed by atoms with Gasteiger partial charge in [-0.1, -0.05) is 35.6 Å². The van der Waals surface area contributed by atoms with E-state index >= 15 is 0 Å². The Hall–Kier alpha value is -3.74. The summed E-state index contributed by atoms with van der Waals surface area (Å²) in [6.07, 6.45) is 3.73. The van der Waals surface area contributed by atoms with Crippen molar-refractivity contribution in [2.45, 2.75) is 26.4 Å². The average Bonchev–Trinajstić information content (AvgIpc) is 3.54. The fraction of sp³-hybridized carbons (Fsp3) is 0.200. The number of nitriles is 1. The molecule has 1 aliphatic rings. The van der Waals surface area contributed by atoms with Gasteiger partial charge < -0.3 is 9.30 Å². The van der Waals surface area contributed by atoms with Gasteiger partial charge in [0.25, 0.3) is 5.56 Å². The lowest BCUT2D eigenvalue weighted by molar-refractivity contribution is -0.139. The van der Waals surface area contributed by atoms with E-state index < -0.39 is 12.0 Å². The molecule has 0 saturated carbocycles. The molecule has 7 nitrogen and oxygen atoms in total. The standard InChI is InChI=1S/C25H20N4O3S2/c1-3-32-24(31)21-15(2)27-25-29(22(21)19-9-6-12-33-19)23(30)20(34-25)13-16-14-28(11-10-26)18-8-5-4-7-17(16)18/h4-9,12-14,22H,3,11H2,1-2H3/b20-13-/t22-/m1/s1. The molecule has 0 amide bonds. The van der Waals surface area contributed by atoms with Crippen LogP contribution in [0.1, 0.15) is 30.3 Å². The summed E-state index contributed by atoms with van der Waals surface area (Å²) < 4.78 is 9.29. The first-order valence-electron chi connectivity index (χ1n) is 10.7. The van der Waals surface area contributed by atoms with Gasteiger partial charge >= 0.3 is 5.97 Å². The van der Waals surface area contributed by atoms with E-state index in [1.807, 2.05) is 58.6 Å². The molecule has 34 heavy (non-hydrogen) atoms. The third-order valence-corrected chi connectivity index (χ3v) is 7.58. The lowest BCUT2D eigenvalue weighted by Gasteiger charge is -2.23. The Morgan fingerprint density at radius 2 is 2.12 bits per heavy atom. The first kappa shape index (κ1) is 22.1. The van der Waals surface area contributed by atoms with Gasteiger partial charge in [0.1, 0.15) is 12.6 Å². The minimum atomic E-state index is -0.586. The molecule has 0 N–H and O–H groups in total. The molecule has 170 valence electrons. The van der Waals surface area contributed by atoms with E-state index in [1.165, 1.54) is 22.7 Å². The van der Waals surface area contributed by atoms with E-state index in [0.29, 0.717) is 20.6 Å². The van der Waals surface area contributed by atoms with Crippen LogP contribution < -0.4 is 14.9 Å². The van der Waals surface area contributed by atoms with Crippen LogP contribution in [-0.4, -0.2) is 21.7 Å². The second-order valence-corrected chi connectivity index (χ2v) is 9.69. The molecule has 0 aliphatic carbocycles. The Morgan fingerprint density at radius 1 is 1.29 bits per heavy atom. The molecule has 1 atom stereocenters. The highest BCUT2D eigenvalue weighted by molar-refractivity contribution is 7.10. The van der Waals surface area contributed by atoms with Gasteiger partial charge in [0.2, 0.25) is 0 Å². The molecule has 0 saturated heterocycles. The second kappa shape index (κ2) is 8.89. The zero-order valence-electron chi connectivity index (χ0n) is 18.5. The third-order valence-electron chi connectivity index (χ3n) is 5.68. The maximum atomic E-state index is 13.7. The van der Waals surface area contributed by atoms with Crippen molar-refractivity contribution >= 4 is 45.6 Å². The number of allylic oxidation sites excluding steroid dienone is 1. The molecule has 4 aromatic rings. The molecule has 1 aromatic carbocycles. The molecule has 0 radical (unpaired) electrons. The number of thiophene rings is 1. The van der Waals surface area contributed by atoms with Gasteiger partial charge in [-0.25, -0.2) is 9.79 Å². The molecular weight excluding hydrogens is 468 g/mol. The van der Waals surface area contributed by atoms with Crippen molar-refractivity contribution in [3.05, 3.63) is 89.4 Å². The van der Waals surface area contributed by atoms with Gasteiger partial charge in [-0.15, -0.1) is 11.3 Å². The highest BCUT2D eigenvalue weighted by Crippen LogP contribution is 2.33. The Kier molecular flexibility index (Phi) is 5.77. The van der Waals surface area contributed by atoms with Crippen LogP contribution in [0, 0.1) is 11.3 Å². The number of esters is 1. The zero-order valence-corrected chi connectivity index (χ0v) is 20.2. The predicted octanol–water partition coefficient (Wildman–Crippen LogP) is 3.34. The van der Waals surface area contributed by atoms with Gasteiger partial charge in [0.15, 0.2) is 4.80 Å². The van der Waals surface area contributed by atoms with Crippen molar-refractivity contribution < 1.29 is 9.53 Å². The van der Waals surface area contributed by atoms with Crippen molar-refractivity contribution in [3.8, 4) is 6.07 Å². The van der Waals surface area contributed by atoms with E-state index in [-0.39, 0.29) is 18.7 Å². The predicted molar refractivity (Wildman–Crippen MR) is 132 cm³/mol. The number of rotatable bonds is 5. The van der Waals surface area contributed by atoms with Crippen LogP contribution in [0.4, 0.5) is 0 Å². The molecule has 5 rings (SSSR count). The van der Waals surface area contributed by atoms with Gasteiger partial charge in [-0.2, -0.15) is 5.26 Å². The van der Waals surface area contributed by atoms with Crippen LogP contribution in [0.3, 0.4) is 0 Å². The Balaban J connectivity index is 1.73. The minimum absolute atomic E-state index is 0.214. The number of hydrogen-bond acceptors (Lipinski definition) is 7. The molecule has 3 aromatic heterocycles. The number of ether oxygens (including phenoxy) is 1. The largest absolute Gasteiger partial charge is 0.463 e. The molecule has 0 unspecified atom stereocenters. The summed E-state index contributed by atoms with van der Waals surface area (Å²) in [5, 5.41) is 12.1. The minimum Gasteiger partial charge on any atom is -0.463 e. The fourth-order valence-corrected chi connectivity index (χ4v) is 6.11. The maximum absolute atomic E-state index is 13.7. The number of carbonyl (C=O) groups is 1. The summed E-state index contributed by atoms with van der Waals surface area (Å²) in [5.74, 6) is -0.462. The summed E-state index contributed by atoms with van der Waals surface area (Å²) in [4.78, 5) is 32.6. The number of carbonyl (C=O) groups excluding carboxylic acids is 1. The van der Waals surface area contributed by atoms with E-state index in [4.69, 9.17) is 4.74 Å². The fourth-order valence-electron chi connectivity index (χ4n) is 4.25. The third kappa shape index (κ3) is 3.61. The smallest absolute Gasteiger partial charge is 0.338 e. The molecular formula is C25H20N4O3S2. The highest BCUT2D eigenvalue weighted by atomic mass is 32.1. The lowest BCUT2D eigenvalue weighted by atomic mass is 10.0.